The van der Waals surface area contributed by atoms with Gasteiger partial charge in [0.15, 0.2) is 0 Å². The highest BCUT2D eigenvalue weighted by atomic mass is 14.4. The first-order valence-corrected chi connectivity index (χ1v) is 9.07. The van der Waals surface area contributed by atoms with Gasteiger partial charge in [0.05, 0.1) is 0 Å². The molecule has 2 aliphatic carbocycles. The number of aryl methyl sites for hydroxylation is 2. The number of fused-ring (bicyclic) bond motifs is 3. The fourth-order valence-electron chi connectivity index (χ4n) is 4.49. The van der Waals surface area contributed by atoms with E-state index < -0.39 is 0 Å². The van der Waals surface area contributed by atoms with Gasteiger partial charge in [0.2, 0.25) is 0 Å². The molecule has 0 aromatic heterocycles. The summed E-state index contributed by atoms with van der Waals surface area (Å²) in [5.74, 6) is 1.27. The molecule has 3 rings (SSSR count). The molecule has 2 atom stereocenters. The van der Waals surface area contributed by atoms with E-state index in [-0.39, 0.29) is 0 Å². The Morgan fingerprint density at radius 1 is 1.18 bits per heavy atom. The third-order valence-corrected chi connectivity index (χ3v) is 5.62. The van der Waals surface area contributed by atoms with Crippen molar-refractivity contribution >= 4 is 0 Å². The van der Waals surface area contributed by atoms with Gasteiger partial charge < -0.3 is 0 Å². The molecule has 0 saturated heterocycles. The van der Waals surface area contributed by atoms with E-state index in [1.165, 1.54) is 55.2 Å². The lowest BCUT2D eigenvalue weighted by Crippen LogP contribution is -2.25. The van der Waals surface area contributed by atoms with Crippen molar-refractivity contribution in [3.8, 4) is 0 Å². The highest BCUT2D eigenvalue weighted by molar-refractivity contribution is 5.49. The van der Waals surface area contributed by atoms with E-state index in [1.54, 1.807) is 16.7 Å². The minimum atomic E-state index is 0.592. The topological polar surface area (TPSA) is 0 Å². The van der Waals surface area contributed by atoms with Gasteiger partial charge >= 0.3 is 0 Å². The summed E-state index contributed by atoms with van der Waals surface area (Å²) in [6, 6.07) is 4.94. The summed E-state index contributed by atoms with van der Waals surface area (Å²) in [5, 5.41) is 0. The molecule has 0 saturated carbocycles. The summed E-state index contributed by atoms with van der Waals surface area (Å²) in [7, 11) is 0. The van der Waals surface area contributed by atoms with Gasteiger partial charge in [-0.05, 0) is 74.1 Å². The quantitative estimate of drug-likeness (QED) is 0.453. The second kappa shape index (κ2) is 6.44. The van der Waals surface area contributed by atoms with Crippen molar-refractivity contribution < 1.29 is 0 Å². The largest absolute Gasteiger partial charge is 0.0992 e. The molecule has 0 fully saturated rings. The average Bonchev–Trinajstić information content (AvgIpc) is 2.46. The molecule has 0 nitrogen and oxygen atoms in total. The summed E-state index contributed by atoms with van der Waals surface area (Å²) in [6.07, 6.45) is 11.4. The van der Waals surface area contributed by atoms with Gasteiger partial charge in [-0.15, -0.1) is 0 Å². The first-order valence-electron chi connectivity index (χ1n) is 9.07. The van der Waals surface area contributed by atoms with Crippen LogP contribution in [0.4, 0.5) is 0 Å². The Balaban J connectivity index is 1.95. The molecule has 22 heavy (non-hydrogen) atoms. The molecular weight excluding hydrogens is 264 g/mol. The van der Waals surface area contributed by atoms with Crippen molar-refractivity contribution in [1.82, 2.24) is 0 Å². The number of unbranched alkanes of at least 4 members (excludes halogenated alkanes) is 2. The monoisotopic (exact) mass is 294 g/mol. The molecule has 0 aliphatic heterocycles. The second-order valence-electron chi connectivity index (χ2n) is 7.46. The van der Waals surface area contributed by atoms with E-state index >= 15 is 0 Å². The summed E-state index contributed by atoms with van der Waals surface area (Å²) in [5.41, 5.74) is 9.25. The number of rotatable bonds is 4. The summed E-state index contributed by atoms with van der Waals surface area (Å²) in [6.45, 7) is 11.3. The highest BCUT2D eigenvalue weighted by Gasteiger charge is 2.33. The molecule has 0 radical (unpaired) electrons. The molecule has 0 spiro atoms. The Morgan fingerprint density at radius 3 is 2.77 bits per heavy atom. The molecule has 118 valence electrons. The molecule has 0 amide bonds. The van der Waals surface area contributed by atoms with Crippen LogP contribution in [0.25, 0.3) is 0 Å². The van der Waals surface area contributed by atoms with E-state index in [0.29, 0.717) is 11.8 Å². The number of hydrogen-bond acceptors (Lipinski definition) is 0. The van der Waals surface area contributed by atoms with Crippen LogP contribution in [-0.4, -0.2) is 0 Å². The molecule has 1 aromatic rings. The lowest BCUT2D eigenvalue weighted by molar-refractivity contribution is 0.456. The summed E-state index contributed by atoms with van der Waals surface area (Å²) < 4.78 is 0. The normalized spacial score (nSPS) is 23.8. The van der Waals surface area contributed by atoms with E-state index in [2.05, 4.69) is 45.6 Å². The van der Waals surface area contributed by atoms with Crippen LogP contribution in [0.2, 0.25) is 0 Å². The molecule has 0 heteroatoms. The third kappa shape index (κ3) is 2.93. The van der Waals surface area contributed by atoms with Crippen LogP contribution in [0.15, 0.2) is 35.9 Å². The molecule has 0 N–H and O–H groups in total. The average molecular weight is 294 g/mol. The van der Waals surface area contributed by atoms with E-state index in [1.807, 2.05) is 0 Å². The molecule has 2 unspecified atom stereocenters. The Hall–Kier alpha value is -1.30. The fourth-order valence-corrected chi connectivity index (χ4v) is 4.49. The van der Waals surface area contributed by atoms with Gasteiger partial charge in [0.1, 0.15) is 0 Å². The third-order valence-electron chi connectivity index (χ3n) is 5.62. The first-order chi connectivity index (χ1) is 10.6. The number of hydrogen-bond donors (Lipinski definition) is 0. The maximum absolute atomic E-state index is 4.43. The van der Waals surface area contributed by atoms with Gasteiger partial charge in [-0.2, -0.15) is 0 Å². The summed E-state index contributed by atoms with van der Waals surface area (Å²) >= 11 is 0. The van der Waals surface area contributed by atoms with Crippen molar-refractivity contribution in [3.63, 3.8) is 0 Å². The minimum absolute atomic E-state index is 0.592. The van der Waals surface area contributed by atoms with Crippen LogP contribution >= 0.6 is 0 Å². The fraction of sp³-hybridized carbons (Fsp3) is 0.545. The van der Waals surface area contributed by atoms with Crippen LogP contribution < -0.4 is 0 Å². The maximum Gasteiger partial charge on any atom is 0.00916 e. The van der Waals surface area contributed by atoms with Gasteiger partial charge in [0, 0.05) is 5.92 Å². The smallest absolute Gasteiger partial charge is 0.00916 e. The van der Waals surface area contributed by atoms with E-state index in [0.717, 1.165) is 6.42 Å². The minimum Gasteiger partial charge on any atom is -0.0992 e. The number of benzene rings is 1. The highest BCUT2D eigenvalue weighted by Crippen LogP contribution is 2.47. The van der Waals surface area contributed by atoms with Crippen LogP contribution in [-0.2, 0) is 12.8 Å². The maximum atomic E-state index is 4.43. The molecule has 0 heterocycles. The van der Waals surface area contributed by atoms with Gasteiger partial charge in [-0.3, -0.25) is 0 Å². The van der Waals surface area contributed by atoms with E-state index in [4.69, 9.17) is 0 Å². The van der Waals surface area contributed by atoms with Crippen LogP contribution in [0.5, 0.6) is 0 Å². The van der Waals surface area contributed by atoms with Crippen LogP contribution in [0.3, 0.4) is 0 Å². The summed E-state index contributed by atoms with van der Waals surface area (Å²) in [4.78, 5) is 0. The Labute approximate surface area is 136 Å². The first kappa shape index (κ1) is 15.6. The molecule has 1 aromatic carbocycles. The van der Waals surface area contributed by atoms with Crippen molar-refractivity contribution in [3.05, 3.63) is 58.2 Å². The van der Waals surface area contributed by atoms with Crippen molar-refractivity contribution in [2.45, 2.75) is 71.6 Å². The van der Waals surface area contributed by atoms with Crippen LogP contribution in [0.1, 0.15) is 74.1 Å². The zero-order valence-electron chi connectivity index (χ0n) is 14.5. The van der Waals surface area contributed by atoms with Gasteiger partial charge in [-0.1, -0.05) is 55.7 Å². The second-order valence-corrected chi connectivity index (χ2v) is 7.46. The SMILES string of the molecule is C=C1Cc2cc(CCCCC)cc(C)c2C2C=C(C)CCC12. The van der Waals surface area contributed by atoms with Gasteiger partial charge in [0.25, 0.3) is 0 Å². The molecular formula is C22H30. The van der Waals surface area contributed by atoms with Crippen LogP contribution in [0, 0.1) is 12.8 Å². The lowest BCUT2D eigenvalue weighted by atomic mass is 9.66. The van der Waals surface area contributed by atoms with E-state index in [9.17, 15) is 0 Å². The Kier molecular flexibility index (Phi) is 4.57. The van der Waals surface area contributed by atoms with Crippen molar-refractivity contribution in [2.75, 3.05) is 0 Å². The Bertz CT molecular complexity index is 603. The molecule has 2 aliphatic rings. The van der Waals surface area contributed by atoms with Gasteiger partial charge in [-0.25, -0.2) is 0 Å². The van der Waals surface area contributed by atoms with Crippen molar-refractivity contribution in [2.24, 2.45) is 5.92 Å². The van der Waals surface area contributed by atoms with Crippen molar-refractivity contribution in [1.29, 1.82) is 0 Å². The standard InChI is InChI=1S/C22H30/c1-5-6-7-8-18-12-17(4)22-19(14-18)13-16(3)20-10-9-15(2)11-21(20)22/h11-12,14,20-21H,3,5-10,13H2,1-2,4H3. The predicted molar refractivity (Wildman–Crippen MR) is 96.5 cm³/mol. The lowest BCUT2D eigenvalue weighted by Gasteiger charge is -2.38. The Morgan fingerprint density at radius 2 is 2.00 bits per heavy atom. The number of allylic oxidation sites excluding steroid dienone is 3. The molecule has 0 bridgehead atoms. The predicted octanol–water partition coefficient (Wildman–Crippen LogP) is 6.28. The zero-order chi connectivity index (χ0) is 15.7. The zero-order valence-corrected chi connectivity index (χ0v) is 14.5.